The fourth-order valence-electron chi connectivity index (χ4n) is 3.15. The van der Waals surface area contributed by atoms with Gasteiger partial charge in [0.2, 0.25) is 0 Å². The predicted molar refractivity (Wildman–Crippen MR) is 110 cm³/mol. The average molecular weight is 370 g/mol. The van der Waals surface area contributed by atoms with Crippen LogP contribution in [0.5, 0.6) is 0 Å². The van der Waals surface area contributed by atoms with Crippen molar-refractivity contribution >= 4 is 11.6 Å². The van der Waals surface area contributed by atoms with Gasteiger partial charge in [-0.15, -0.1) is 0 Å². The number of pyridine rings is 2. The van der Waals surface area contributed by atoms with E-state index in [9.17, 15) is 4.79 Å². The Labute approximate surface area is 164 Å². The summed E-state index contributed by atoms with van der Waals surface area (Å²) in [5.41, 5.74) is 6.68. The fourth-order valence-corrected chi connectivity index (χ4v) is 3.15. The maximum absolute atomic E-state index is 12.7. The van der Waals surface area contributed by atoms with E-state index in [-0.39, 0.29) is 11.9 Å². The first-order valence-corrected chi connectivity index (χ1v) is 9.29. The number of nitrogens with one attached hydrogen (secondary N) is 1. The standard InChI is InChI=1S/C23H22N4O/c1-15-7-8-18(12-16(15)2)21-14-27-13-19(9-10-22(27)26-21)23(28)25-17(3)20-6-4-5-11-24-20/h4-14,17H,1-3H3,(H,25,28)/t17-/m0/s1. The third kappa shape index (κ3) is 3.51. The molecule has 0 aliphatic heterocycles. The van der Waals surface area contributed by atoms with Crippen molar-refractivity contribution < 1.29 is 4.79 Å². The number of hydrogen-bond donors (Lipinski definition) is 1. The molecule has 1 aromatic carbocycles. The molecule has 28 heavy (non-hydrogen) atoms. The Morgan fingerprint density at radius 2 is 1.89 bits per heavy atom. The van der Waals surface area contributed by atoms with Crippen molar-refractivity contribution in [1.29, 1.82) is 0 Å². The average Bonchev–Trinajstić information content (AvgIpc) is 3.14. The van der Waals surface area contributed by atoms with Crippen LogP contribution in [0, 0.1) is 13.8 Å². The topological polar surface area (TPSA) is 59.3 Å². The molecule has 1 atom stereocenters. The lowest BCUT2D eigenvalue weighted by Crippen LogP contribution is -2.27. The van der Waals surface area contributed by atoms with Crippen LogP contribution in [0.15, 0.2) is 67.1 Å². The van der Waals surface area contributed by atoms with Crippen LogP contribution in [-0.4, -0.2) is 20.3 Å². The molecular weight excluding hydrogens is 348 g/mol. The quantitative estimate of drug-likeness (QED) is 0.575. The van der Waals surface area contributed by atoms with E-state index >= 15 is 0 Å². The predicted octanol–water partition coefficient (Wildman–Crippen LogP) is 4.50. The first-order chi connectivity index (χ1) is 13.5. The molecule has 1 N–H and O–H groups in total. The van der Waals surface area contributed by atoms with Gasteiger partial charge in [0.15, 0.2) is 0 Å². The number of amides is 1. The number of aromatic nitrogens is 3. The number of benzene rings is 1. The Morgan fingerprint density at radius 3 is 2.64 bits per heavy atom. The molecule has 0 aliphatic carbocycles. The molecule has 0 fully saturated rings. The molecule has 0 bridgehead atoms. The van der Waals surface area contributed by atoms with Gasteiger partial charge in [0, 0.05) is 24.2 Å². The van der Waals surface area contributed by atoms with Gasteiger partial charge in [-0.1, -0.05) is 18.2 Å². The van der Waals surface area contributed by atoms with E-state index in [0.717, 1.165) is 22.6 Å². The molecule has 0 radical (unpaired) electrons. The Balaban J connectivity index is 1.59. The molecule has 140 valence electrons. The smallest absolute Gasteiger partial charge is 0.253 e. The number of rotatable bonds is 4. The summed E-state index contributed by atoms with van der Waals surface area (Å²) >= 11 is 0. The van der Waals surface area contributed by atoms with Crippen LogP contribution in [0.4, 0.5) is 0 Å². The summed E-state index contributed by atoms with van der Waals surface area (Å²) in [6, 6.07) is 15.5. The SMILES string of the molecule is Cc1ccc(-c2cn3cc(C(=O)N[C@@H](C)c4ccccn4)ccc3n2)cc1C. The van der Waals surface area contributed by atoms with Crippen LogP contribution >= 0.6 is 0 Å². The zero-order chi connectivity index (χ0) is 19.7. The number of carbonyl (C=O) groups is 1. The number of aryl methyl sites for hydroxylation is 2. The minimum atomic E-state index is -0.168. The van der Waals surface area contributed by atoms with Crippen molar-refractivity contribution in [3.63, 3.8) is 0 Å². The highest BCUT2D eigenvalue weighted by Gasteiger charge is 2.14. The molecular formula is C23H22N4O. The number of fused-ring (bicyclic) bond motifs is 1. The second kappa shape index (κ2) is 7.27. The number of carbonyl (C=O) groups excluding carboxylic acids is 1. The Hall–Kier alpha value is -3.47. The van der Waals surface area contributed by atoms with Gasteiger partial charge >= 0.3 is 0 Å². The molecule has 1 amide bonds. The molecule has 0 saturated heterocycles. The van der Waals surface area contributed by atoms with Gasteiger partial charge in [0.1, 0.15) is 5.65 Å². The van der Waals surface area contributed by atoms with Crippen molar-refractivity contribution in [2.45, 2.75) is 26.8 Å². The van der Waals surface area contributed by atoms with Crippen molar-refractivity contribution in [3.05, 3.63) is 89.5 Å². The highest BCUT2D eigenvalue weighted by Crippen LogP contribution is 2.22. The first kappa shape index (κ1) is 17.9. The lowest BCUT2D eigenvalue weighted by molar-refractivity contribution is 0.0938. The number of nitrogens with zero attached hydrogens (tertiary/aromatic N) is 3. The van der Waals surface area contributed by atoms with Gasteiger partial charge in [-0.05, 0) is 62.2 Å². The number of imidazole rings is 1. The van der Waals surface area contributed by atoms with E-state index < -0.39 is 0 Å². The molecule has 0 aliphatic rings. The lowest BCUT2D eigenvalue weighted by Gasteiger charge is -2.13. The van der Waals surface area contributed by atoms with Gasteiger partial charge in [-0.3, -0.25) is 9.78 Å². The molecule has 4 rings (SSSR count). The van der Waals surface area contributed by atoms with E-state index in [1.807, 2.05) is 48.0 Å². The molecule has 0 saturated carbocycles. The summed E-state index contributed by atoms with van der Waals surface area (Å²) in [7, 11) is 0. The Bertz CT molecular complexity index is 1150. The van der Waals surface area contributed by atoms with Crippen LogP contribution in [0.25, 0.3) is 16.9 Å². The van der Waals surface area contributed by atoms with Gasteiger partial charge in [0.25, 0.3) is 5.91 Å². The van der Waals surface area contributed by atoms with Gasteiger partial charge < -0.3 is 9.72 Å². The largest absolute Gasteiger partial charge is 0.344 e. The summed E-state index contributed by atoms with van der Waals surface area (Å²) in [6.07, 6.45) is 5.50. The van der Waals surface area contributed by atoms with E-state index in [0.29, 0.717) is 5.56 Å². The third-order valence-electron chi connectivity index (χ3n) is 4.99. The van der Waals surface area contributed by atoms with E-state index in [4.69, 9.17) is 0 Å². The summed E-state index contributed by atoms with van der Waals surface area (Å²) in [5.74, 6) is -0.138. The highest BCUT2D eigenvalue weighted by atomic mass is 16.1. The summed E-state index contributed by atoms with van der Waals surface area (Å²) < 4.78 is 1.89. The lowest BCUT2D eigenvalue weighted by atomic mass is 10.1. The van der Waals surface area contributed by atoms with Crippen molar-refractivity contribution in [1.82, 2.24) is 19.7 Å². The minimum Gasteiger partial charge on any atom is -0.344 e. The van der Waals surface area contributed by atoms with E-state index in [1.54, 1.807) is 12.3 Å². The van der Waals surface area contributed by atoms with E-state index in [2.05, 4.69) is 47.3 Å². The first-order valence-electron chi connectivity index (χ1n) is 9.29. The fraction of sp³-hybridized carbons (Fsp3) is 0.174. The summed E-state index contributed by atoms with van der Waals surface area (Å²) in [5, 5.41) is 2.99. The van der Waals surface area contributed by atoms with Crippen LogP contribution in [-0.2, 0) is 0 Å². The molecule has 4 aromatic rings. The van der Waals surface area contributed by atoms with Crippen molar-refractivity contribution in [2.24, 2.45) is 0 Å². The third-order valence-corrected chi connectivity index (χ3v) is 4.99. The monoisotopic (exact) mass is 370 g/mol. The van der Waals surface area contributed by atoms with Crippen molar-refractivity contribution in [3.8, 4) is 11.3 Å². The van der Waals surface area contributed by atoms with Crippen LogP contribution < -0.4 is 5.32 Å². The minimum absolute atomic E-state index is 0.138. The molecule has 3 aromatic heterocycles. The molecule has 5 heteroatoms. The van der Waals surface area contributed by atoms with Crippen LogP contribution in [0.3, 0.4) is 0 Å². The second-order valence-electron chi connectivity index (χ2n) is 7.06. The molecule has 0 spiro atoms. The van der Waals surface area contributed by atoms with E-state index in [1.165, 1.54) is 11.1 Å². The highest BCUT2D eigenvalue weighted by molar-refractivity contribution is 5.94. The summed E-state index contributed by atoms with van der Waals surface area (Å²) in [6.45, 7) is 6.12. The molecule has 0 unspecified atom stereocenters. The molecule has 3 heterocycles. The van der Waals surface area contributed by atoms with Crippen molar-refractivity contribution in [2.75, 3.05) is 0 Å². The van der Waals surface area contributed by atoms with Gasteiger partial charge in [0.05, 0.1) is 23.0 Å². The Morgan fingerprint density at radius 1 is 1.04 bits per heavy atom. The normalized spacial score (nSPS) is 12.1. The second-order valence-corrected chi connectivity index (χ2v) is 7.06. The Kier molecular flexibility index (Phi) is 4.65. The zero-order valence-electron chi connectivity index (χ0n) is 16.2. The van der Waals surface area contributed by atoms with Gasteiger partial charge in [-0.25, -0.2) is 4.98 Å². The summed E-state index contributed by atoms with van der Waals surface area (Å²) in [4.78, 5) is 21.6. The molecule has 5 nitrogen and oxygen atoms in total. The maximum atomic E-state index is 12.7. The zero-order valence-corrected chi connectivity index (χ0v) is 16.2. The maximum Gasteiger partial charge on any atom is 0.253 e. The van der Waals surface area contributed by atoms with Crippen LogP contribution in [0.2, 0.25) is 0 Å². The van der Waals surface area contributed by atoms with Crippen LogP contribution in [0.1, 0.15) is 40.1 Å². The van der Waals surface area contributed by atoms with Gasteiger partial charge in [-0.2, -0.15) is 0 Å². The number of hydrogen-bond acceptors (Lipinski definition) is 3.